The van der Waals surface area contributed by atoms with Crippen LogP contribution in [0.4, 0.5) is 0 Å². The van der Waals surface area contributed by atoms with Gasteiger partial charge in [0.05, 0.1) is 6.54 Å². The monoisotopic (exact) mass is 312 g/mol. The molecule has 1 saturated heterocycles. The SMILES string of the molecule is CNC(=O)CN1CCN(C(=O)c2nccc3ccccc23)CC1. The highest BCUT2D eigenvalue weighted by Gasteiger charge is 2.24. The fourth-order valence-corrected chi connectivity index (χ4v) is 2.83. The van der Waals surface area contributed by atoms with Crippen molar-refractivity contribution in [3.8, 4) is 0 Å². The van der Waals surface area contributed by atoms with Crippen LogP contribution in [0.25, 0.3) is 10.8 Å². The number of fused-ring (bicyclic) bond motifs is 1. The molecule has 2 heterocycles. The van der Waals surface area contributed by atoms with Gasteiger partial charge in [-0.3, -0.25) is 19.5 Å². The van der Waals surface area contributed by atoms with E-state index in [0.717, 1.165) is 10.8 Å². The largest absolute Gasteiger partial charge is 0.358 e. The molecule has 6 nitrogen and oxygen atoms in total. The quantitative estimate of drug-likeness (QED) is 0.908. The molecule has 1 aromatic carbocycles. The lowest BCUT2D eigenvalue weighted by atomic mass is 10.1. The van der Waals surface area contributed by atoms with Crippen LogP contribution in [0.5, 0.6) is 0 Å². The van der Waals surface area contributed by atoms with Crippen LogP contribution in [-0.2, 0) is 4.79 Å². The molecule has 0 bridgehead atoms. The van der Waals surface area contributed by atoms with Gasteiger partial charge >= 0.3 is 0 Å². The molecule has 120 valence electrons. The number of pyridine rings is 1. The first-order chi connectivity index (χ1) is 11.2. The molecule has 1 aliphatic rings. The van der Waals surface area contributed by atoms with E-state index in [4.69, 9.17) is 0 Å². The first kappa shape index (κ1) is 15.4. The van der Waals surface area contributed by atoms with Crippen molar-refractivity contribution in [1.82, 2.24) is 20.1 Å². The number of aromatic nitrogens is 1. The van der Waals surface area contributed by atoms with Crippen molar-refractivity contribution in [3.63, 3.8) is 0 Å². The zero-order valence-corrected chi connectivity index (χ0v) is 13.2. The third-order valence-corrected chi connectivity index (χ3v) is 4.18. The number of nitrogens with one attached hydrogen (secondary N) is 1. The van der Waals surface area contributed by atoms with Crippen LogP contribution in [0.3, 0.4) is 0 Å². The Labute approximate surface area is 135 Å². The van der Waals surface area contributed by atoms with E-state index >= 15 is 0 Å². The zero-order chi connectivity index (χ0) is 16.2. The molecule has 0 atom stereocenters. The van der Waals surface area contributed by atoms with Crippen LogP contribution < -0.4 is 5.32 Å². The average Bonchev–Trinajstić information content (AvgIpc) is 2.61. The molecule has 0 aliphatic carbocycles. The standard InChI is InChI=1S/C17H20N4O2/c1-18-15(22)12-20-8-10-21(11-9-20)17(23)16-14-5-3-2-4-13(14)6-7-19-16/h2-7H,8-12H2,1H3,(H,18,22). The highest BCUT2D eigenvalue weighted by atomic mass is 16.2. The first-order valence-electron chi connectivity index (χ1n) is 7.75. The molecule has 23 heavy (non-hydrogen) atoms. The number of nitrogens with zero attached hydrogens (tertiary/aromatic N) is 3. The van der Waals surface area contributed by atoms with Crippen molar-refractivity contribution >= 4 is 22.6 Å². The lowest BCUT2D eigenvalue weighted by molar-refractivity contribution is -0.122. The third kappa shape index (κ3) is 3.32. The number of likely N-dealkylation sites (N-methyl/N-ethyl adjacent to an activating group) is 1. The van der Waals surface area contributed by atoms with Crippen molar-refractivity contribution in [2.24, 2.45) is 0 Å². The Hall–Kier alpha value is -2.47. The summed E-state index contributed by atoms with van der Waals surface area (Å²) >= 11 is 0. The van der Waals surface area contributed by atoms with E-state index in [9.17, 15) is 9.59 Å². The van der Waals surface area contributed by atoms with E-state index < -0.39 is 0 Å². The Balaban J connectivity index is 1.71. The predicted molar refractivity (Wildman–Crippen MR) is 88.2 cm³/mol. The molecule has 3 rings (SSSR count). The summed E-state index contributed by atoms with van der Waals surface area (Å²) in [6.45, 7) is 3.00. The molecule has 0 radical (unpaired) electrons. The normalized spacial score (nSPS) is 15.6. The summed E-state index contributed by atoms with van der Waals surface area (Å²) in [5, 5.41) is 4.52. The van der Waals surface area contributed by atoms with Crippen LogP contribution in [0.15, 0.2) is 36.5 Å². The maximum Gasteiger partial charge on any atom is 0.273 e. The predicted octanol–water partition coefficient (Wildman–Crippen LogP) is 0.739. The lowest BCUT2D eigenvalue weighted by Gasteiger charge is -2.34. The van der Waals surface area contributed by atoms with Gasteiger partial charge in [-0.05, 0) is 11.5 Å². The van der Waals surface area contributed by atoms with Gasteiger partial charge in [-0.2, -0.15) is 0 Å². The molecule has 0 saturated carbocycles. The Morgan fingerprint density at radius 1 is 1.13 bits per heavy atom. The molecule has 0 unspecified atom stereocenters. The molecule has 2 amide bonds. The minimum absolute atomic E-state index is 0.000460. The summed E-state index contributed by atoms with van der Waals surface area (Å²) in [5.41, 5.74) is 0.503. The van der Waals surface area contributed by atoms with E-state index in [1.54, 1.807) is 13.2 Å². The molecular weight excluding hydrogens is 292 g/mol. The highest BCUT2D eigenvalue weighted by Crippen LogP contribution is 2.18. The molecule has 1 aliphatic heterocycles. The van der Waals surface area contributed by atoms with Crippen molar-refractivity contribution in [1.29, 1.82) is 0 Å². The van der Waals surface area contributed by atoms with E-state index in [0.29, 0.717) is 38.4 Å². The smallest absolute Gasteiger partial charge is 0.273 e. The minimum atomic E-state index is -0.0404. The topological polar surface area (TPSA) is 65.5 Å². The molecule has 1 N–H and O–H groups in total. The first-order valence-corrected chi connectivity index (χ1v) is 7.75. The minimum Gasteiger partial charge on any atom is -0.358 e. The van der Waals surface area contributed by atoms with Gasteiger partial charge in [0.1, 0.15) is 5.69 Å². The van der Waals surface area contributed by atoms with E-state index in [1.165, 1.54) is 0 Å². The van der Waals surface area contributed by atoms with Gasteiger partial charge in [0, 0.05) is 44.8 Å². The van der Waals surface area contributed by atoms with Crippen molar-refractivity contribution in [2.75, 3.05) is 39.8 Å². The number of carbonyl (C=O) groups is 2. The maximum atomic E-state index is 12.8. The van der Waals surface area contributed by atoms with E-state index in [-0.39, 0.29) is 11.8 Å². The fraction of sp³-hybridized carbons (Fsp3) is 0.353. The number of benzene rings is 1. The van der Waals surface area contributed by atoms with Gasteiger partial charge in [-0.15, -0.1) is 0 Å². The second kappa shape index (κ2) is 6.75. The lowest BCUT2D eigenvalue weighted by Crippen LogP contribution is -2.51. The number of amides is 2. The van der Waals surface area contributed by atoms with Gasteiger partial charge in [0.2, 0.25) is 5.91 Å². The maximum absolute atomic E-state index is 12.8. The van der Waals surface area contributed by atoms with Crippen LogP contribution in [0.1, 0.15) is 10.5 Å². The number of hydrogen-bond donors (Lipinski definition) is 1. The number of hydrogen-bond acceptors (Lipinski definition) is 4. The van der Waals surface area contributed by atoms with E-state index in [1.807, 2.05) is 35.2 Å². The summed E-state index contributed by atoms with van der Waals surface area (Å²) in [6.07, 6.45) is 1.68. The van der Waals surface area contributed by atoms with Crippen LogP contribution in [-0.4, -0.2) is 66.4 Å². The second-order valence-corrected chi connectivity index (χ2v) is 5.62. The van der Waals surface area contributed by atoms with Crippen molar-refractivity contribution in [3.05, 3.63) is 42.2 Å². The Morgan fingerprint density at radius 3 is 2.61 bits per heavy atom. The summed E-state index contributed by atoms with van der Waals surface area (Å²) in [5.74, 6) is -0.0399. The van der Waals surface area contributed by atoms with Crippen LogP contribution in [0, 0.1) is 0 Å². The molecule has 1 fully saturated rings. The van der Waals surface area contributed by atoms with Crippen molar-refractivity contribution in [2.45, 2.75) is 0 Å². The fourth-order valence-electron chi connectivity index (χ4n) is 2.83. The van der Waals surface area contributed by atoms with Crippen LogP contribution in [0.2, 0.25) is 0 Å². The summed E-state index contributed by atoms with van der Waals surface area (Å²) in [4.78, 5) is 32.3. The van der Waals surface area contributed by atoms with Gasteiger partial charge in [0.25, 0.3) is 5.91 Å². The van der Waals surface area contributed by atoms with E-state index in [2.05, 4.69) is 15.2 Å². The molecule has 6 heteroatoms. The highest BCUT2D eigenvalue weighted by molar-refractivity contribution is 6.05. The Kier molecular flexibility index (Phi) is 4.52. The zero-order valence-electron chi connectivity index (χ0n) is 13.2. The molecule has 1 aromatic heterocycles. The molecule has 0 spiro atoms. The molecule has 2 aromatic rings. The van der Waals surface area contributed by atoms with Crippen molar-refractivity contribution < 1.29 is 9.59 Å². The summed E-state index contributed by atoms with van der Waals surface area (Å²) < 4.78 is 0. The molecular formula is C17H20N4O2. The number of carbonyl (C=O) groups excluding carboxylic acids is 2. The third-order valence-electron chi connectivity index (χ3n) is 4.18. The Bertz CT molecular complexity index is 718. The number of piperazine rings is 1. The van der Waals surface area contributed by atoms with Gasteiger partial charge in [0.15, 0.2) is 0 Å². The number of rotatable bonds is 3. The van der Waals surface area contributed by atoms with Gasteiger partial charge in [-0.25, -0.2) is 0 Å². The summed E-state index contributed by atoms with van der Waals surface area (Å²) in [6, 6.07) is 9.69. The Morgan fingerprint density at radius 2 is 1.87 bits per heavy atom. The van der Waals surface area contributed by atoms with Gasteiger partial charge < -0.3 is 10.2 Å². The van der Waals surface area contributed by atoms with Gasteiger partial charge in [-0.1, -0.05) is 24.3 Å². The second-order valence-electron chi connectivity index (χ2n) is 5.62. The van der Waals surface area contributed by atoms with Crippen LogP contribution >= 0.6 is 0 Å². The summed E-state index contributed by atoms with van der Waals surface area (Å²) in [7, 11) is 1.63. The average molecular weight is 312 g/mol.